The number of carbonyl (C=O) groups is 1. The van der Waals surface area contributed by atoms with Gasteiger partial charge in [0.25, 0.3) is 0 Å². The lowest BCUT2D eigenvalue weighted by Crippen LogP contribution is -2.32. The molecule has 0 aromatic heterocycles. The SMILES string of the molecule is CC1(C)CCC2(CC2C(N)=O)c2ccccc21. The summed E-state index contributed by atoms with van der Waals surface area (Å²) in [7, 11) is 0. The van der Waals surface area contributed by atoms with E-state index in [0.29, 0.717) is 0 Å². The van der Waals surface area contributed by atoms with Gasteiger partial charge in [-0.2, -0.15) is 0 Å². The van der Waals surface area contributed by atoms with Crippen LogP contribution in [-0.2, 0) is 15.6 Å². The van der Waals surface area contributed by atoms with E-state index in [0.717, 1.165) is 19.3 Å². The molecule has 1 aromatic rings. The first-order valence-corrected chi connectivity index (χ1v) is 6.37. The smallest absolute Gasteiger partial charge is 0.221 e. The second-order valence-electron chi connectivity index (χ2n) is 6.24. The Morgan fingerprint density at radius 2 is 1.88 bits per heavy atom. The number of benzene rings is 1. The zero-order valence-corrected chi connectivity index (χ0v) is 10.5. The molecular formula is C15H19NO. The largest absolute Gasteiger partial charge is 0.369 e. The fourth-order valence-corrected chi connectivity index (χ4v) is 3.56. The van der Waals surface area contributed by atoms with E-state index in [9.17, 15) is 4.79 Å². The van der Waals surface area contributed by atoms with Crippen LogP contribution in [0.3, 0.4) is 0 Å². The van der Waals surface area contributed by atoms with Crippen molar-refractivity contribution in [3.63, 3.8) is 0 Å². The number of primary amides is 1. The summed E-state index contributed by atoms with van der Waals surface area (Å²) in [6, 6.07) is 8.59. The van der Waals surface area contributed by atoms with Crippen LogP contribution in [0.15, 0.2) is 24.3 Å². The predicted molar refractivity (Wildman–Crippen MR) is 67.7 cm³/mol. The lowest BCUT2D eigenvalue weighted by Gasteiger charge is -2.38. The molecule has 1 aromatic carbocycles. The highest BCUT2D eigenvalue weighted by Crippen LogP contribution is 2.62. The minimum absolute atomic E-state index is 0.0692. The van der Waals surface area contributed by atoms with E-state index in [2.05, 4.69) is 38.1 Å². The summed E-state index contributed by atoms with van der Waals surface area (Å²) in [4.78, 5) is 11.4. The van der Waals surface area contributed by atoms with Gasteiger partial charge in [-0.15, -0.1) is 0 Å². The van der Waals surface area contributed by atoms with Crippen LogP contribution in [0.4, 0.5) is 0 Å². The zero-order chi connectivity index (χ0) is 12.3. The number of hydrogen-bond donors (Lipinski definition) is 1. The second kappa shape index (κ2) is 3.12. The Balaban J connectivity index is 2.11. The summed E-state index contributed by atoms with van der Waals surface area (Å²) in [5.74, 6) is -0.0562. The molecule has 2 aliphatic rings. The molecule has 2 aliphatic carbocycles. The molecule has 2 atom stereocenters. The van der Waals surface area contributed by atoms with Gasteiger partial charge in [-0.1, -0.05) is 38.1 Å². The molecule has 1 fully saturated rings. The first kappa shape index (κ1) is 10.8. The van der Waals surface area contributed by atoms with Gasteiger partial charge < -0.3 is 5.73 Å². The zero-order valence-electron chi connectivity index (χ0n) is 10.5. The third-order valence-corrected chi connectivity index (χ3v) is 4.81. The van der Waals surface area contributed by atoms with Crippen molar-refractivity contribution in [2.24, 2.45) is 11.7 Å². The average molecular weight is 229 g/mol. The third-order valence-electron chi connectivity index (χ3n) is 4.81. The summed E-state index contributed by atoms with van der Waals surface area (Å²) in [5, 5.41) is 0. The van der Waals surface area contributed by atoms with Crippen LogP contribution in [0.2, 0.25) is 0 Å². The van der Waals surface area contributed by atoms with Gasteiger partial charge in [-0.05, 0) is 35.8 Å². The number of amides is 1. The maximum atomic E-state index is 11.4. The Kier molecular flexibility index (Phi) is 1.99. The first-order chi connectivity index (χ1) is 7.97. The summed E-state index contributed by atoms with van der Waals surface area (Å²) < 4.78 is 0. The number of hydrogen-bond acceptors (Lipinski definition) is 1. The van der Waals surface area contributed by atoms with Crippen molar-refractivity contribution in [1.29, 1.82) is 0 Å². The van der Waals surface area contributed by atoms with Gasteiger partial charge in [-0.25, -0.2) is 0 Å². The average Bonchev–Trinajstić information content (AvgIpc) is 3.01. The maximum Gasteiger partial charge on any atom is 0.221 e. The van der Waals surface area contributed by atoms with Crippen LogP contribution >= 0.6 is 0 Å². The molecule has 90 valence electrons. The molecule has 2 N–H and O–H groups in total. The molecule has 2 heteroatoms. The molecule has 0 bridgehead atoms. The van der Waals surface area contributed by atoms with Gasteiger partial charge in [0.15, 0.2) is 0 Å². The van der Waals surface area contributed by atoms with Crippen LogP contribution in [0.1, 0.15) is 44.2 Å². The molecule has 0 aliphatic heterocycles. The van der Waals surface area contributed by atoms with Crippen molar-refractivity contribution in [1.82, 2.24) is 0 Å². The predicted octanol–water partition coefficient (Wildman–Crippen LogP) is 2.50. The van der Waals surface area contributed by atoms with Gasteiger partial charge >= 0.3 is 0 Å². The molecule has 0 radical (unpaired) electrons. The number of fused-ring (bicyclic) bond motifs is 2. The van der Waals surface area contributed by atoms with Gasteiger partial charge in [-0.3, -0.25) is 4.79 Å². The van der Waals surface area contributed by atoms with Crippen molar-refractivity contribution < 1.29 is 4.79 Å². The second-order valence-corrected chi connectivity index (χ2v) is 6.24. The highest BCUT2D eigenvalue weighted by molar-refractivity contribution is 5.83. The summed E-state index contributed by atoms with van der Waals surface area (Å²) >= 11 is 0. The van der Waals surface area contributed by atoms with E-state index in [-0.39, 0.29) is 22.7 Å². The summed E-state index contributed by atoms with van der Waals surface area (Å²) in [5.41, 5.74) is 8.59. The Labute approximate surface area is 102 Å². The Hall–Kier alpha value is -1.31. The van der Waals surface area contributed by atoms with E-state index in [1.165, 1.54) is 11.1 Å². The maximum absolute atomic E-state index is 11.4. The normalized spacial score (nSPS) is 33.2. The van der Waals surface area contributed by atoms with Crippen LogP contribution in [-0.4, -0.2) is 5.91 Å². The van der Waals surface area contributed by atoms with Gasteiger partial charge in [0.05, 0.1) is 0 Å². The molecule has 17 heavy (non-hydrogen) atoms. The van der Waals surface area contributed by atoms with Crippen molar-refractivity contribution in [3.05, 3.63) is 35.4 Å². The number of rotatable bonds is 1. The molecule has 1 amide bonds. The summed E-state index contributed by atoms with van der Waals surface area (Å²) in [6.07, 6.45) is 3.20. The first-order valence-electron chi connectivity index (χ1n) is 6.37. The van der Waals surface area contributed by atoms with E-state index in [4.69, 9.17) is 5.73 Å². The standard InChI is InChI=1S/C15H19NO/c1-14(2)7-8-15(9-12(15)13(16)17)11-6-4-3-5-10(11)14/h3-6,12H,7-9H2,1-2H3,(H2,16,17). The van der Waals surface area contributed by atoms with Crippen molar-refractivity contribution >= 4 is 5.91 Å². The topological polar surface area (TPSA) is 43.1 Å². The monoisotopic (exact) mass is 229 g/mol. The van der Waals surface area contributed by atoms with Gasteiger partial charge in [0.1, 0.15) is 0 Å². The van der Waals surface area contributed by atoms with Crippen LogP contribution < -0.4 is 5.73 Å². The summed E-state index contributed by atoms with van der Waals surface area (Å²) in [6.45, 7) is 4.58. The molecule has 2 unspecified atom stereocenters. The molecule has 1 saturated carbocycles. The van der Waals surface area contributed by atoms with E-state index in [1.54, 1.807) is 0 Å². The van der Waals surface area contributed by atoms with Crippen LogP contribution in [0, 0.1) is 5.92 Å². The van der Waals surface area contributed by atoms with Crippen molar-refractivity contribution in [3.8, 4) is 0 Å². The lowest BCUT2D eigenvalue weighted by atomic mass is 9.66. The Morgan fingerprint density at radius 1 is 1.24 bits per heavy atom. The Bertz CT molecular complexity index is 491. The lowest BCUT2D eigenvalue weighted by molar-refractivity contribution is -0.119. The highest BCUT2D eigenvalue weighted by Gasteiger charge is 2.61. The highest BCUT2D eigenvalue weighted by atomic mass is 16.1. The van der Waals surface area contributed by atoms with Crippen molar-refractivity contribution in [2.45, 2.75) is 43.9 Å². The quantitative estimate of drug-likeness (QED) is 0.790. The van der Waals surface area contributed by atoms with Gasteiger partial charge in [0, 0.05) is 11.3 Å². The fourth-order valence-electron chi connectivity index (χ4n) is 3.56. The van der Waals surface area contributed by atoms with Crippen molar-refractivity contribution in [2.75, 3.05) is 0 Å². The van der Waals surface area contributed by atoms with Crippen LogP contribution in [0.25, 0.3) is 0 Å². The number of carbonyl (C=O) groups excluding carboxylic acids is 1. The fraction of sp³-hybridized carbons (Fsp3) is 0.533. The molecule has 0 saturated heterocycles. The number of nitrogens with two attached hydrogens (primary N) is 1. The van der Waals surface area contributed by atoms with E-state index < -0.39 is 0 Å². The van der Waals surface area contributed by atoms with Gasteiger partial charge in [0.2, 0.25) is 5.91 Å². The minimum atomic E-state index is -0.125. The Morgan fingerprint density at radius 3 is 2.47 bits per heavy atom. The molecular weight excluding hydrogens is 210 g/mol. The molecule has 1 spiro atoms. The van der Waals surface area contributed by atoms with Crippen LogP contribution in [0.5, 0.6) is 0 Å². The molecule has 2 nitrogen and oxygen atoms in total. The third kappa shape index (κ3) is 1.36. The molecule has 0 heterocycles. The molecule has 3 rings (SSSR count). The van der Waals surface area contributed by atoms with E-state index >= 15 is 0 Å². The van der Waals surface area contributed by atoms with E-state index in [1.807, 2.05) is 0 Å². The minimum Gasteiger partial charge on any atom is -0.369 e.